The normalized spacial score (nSPS) is 18.6. The minimum absolute atomic E-state index is 0.561. The third-order valence-corrected chi connectivity index (χ3v) is 6.44. The molecule has 1 aromatic carbocycles. The van der Waals surface area contributed by atoms with Crippen LogP contribution in [0.5, 0.6) is 0 Å². The molecule has 2 fully saturated rings. The standard InChI is InChI=1S/C23H29N5/c1-26-15-18(20-5-3-4-6-21(20)26)16-28-13-10-19(11-14-28)27(2)22-9-12-24-23(25-22)17-7-8-17/h3-6,9,12,15,17,19H,7-8,10-11,13-14,16H2,1-2H3. The first-order valence-electron chi connectivity index (χ1n) is 10.5. The van der Waals surface area contributed by atoms with E-state index in [-0.39, 0.29) is 0 Å². The number of fused-ring (bicyclic) bond motifs is 1. The van der Waals surface area contributed by atoms with E-state index in [9.17, 15) is 0 Å². The Balaban J connectivity index is 1.23. The lowest BCUT2D eigenvalue weighted by atomic mass is 10.0. The number of likely N-dealkylation sites (tertiary alicyclic amines) is 1. The minimum Gasteiger partial charge on any atom is -0.356 e. The molecule has 0 bridgehead atoms. The molecule has 1 aliphatic heterocycles. The number of piperidine rings is 1. The Kier molecular flexibility index (Phi) is 4.55. The van der Waals surface area contributed by atoms with Crippen molar-refractivity contribution < 1.29 is 0 Å². The summed E-state index contributed by atoms with van der Waals surface area (Å²) in [7, 11) is 4.34. The highest BCUT2D eigenvalue weighted by atomic mass is 15.2. The predicted molar refractivity (Wildman–Crippen MR) is 114 cm³/mol. The van der Waals surface area contributed by atoms with Crippen LogP contribution in [0.4, 0.5) is 5.82 Å². The zero-order valence-corrected chi connectivity index (χ0v) is 16.9. The number of rotatable bonds is 5. The van der Waals surface area contributed by atoms with Gasteiger partial charge in [-0.15, -0.1) is 0 Å². The number of hydrogen-bond donors (Lipinski definition) is 0. The van der Waals surface area contributed by atoms with E-state index in [0.717, 1.165) is 31.3 Å². The molecular weight excluding hydrogens is 346 g/mol. The van der Waals surface area contributed by atoms with Crippen molar-refractivity contribution in [2.45, 2.75) is 44.2 Å². The maximum absolute atomic E-state index is 4.83. The van der Waals surface area contributed by atoms with Crippen molar-refractivity contribution in [2.24, 2.45) is 7.05 Å². The van der Waals surface area contributed by atoms with Crippen LogP contribution >= 0.6 is 0 Å². The molecule has 5 heteroatoms. The van der Waals surface area contributed by atoms with Crippen molar-refractivity contribution in [1.82, 2.24) is 19.4 Å². The topological polar surface area (TPSA) is 37.2 Å². The lowest BCUT2D eigenvalue weighted by Crippen LogP contribution is -2.43. The second-order valence-corrected chi connectivity index (χ2v) is 8.45. The molecule has 2 aromatic heterocycles. The van der Waals surface area contributed by atoms with E-state index >= 15 is 0 Å². The lowest BCUT2D eigenvalue weighted by Gasteiger charge is -2.37. The first-order chi connectivity index (χ1) is 13.7. The molecule has 0 atom stereocenters. The Morgan fingerprint density at radius 1 is 1.07 bits per heavy atom. The Morgan fingerprint density at radius 3 is 2.64 bits per heavy atom. The summed E-state index contributed by atoms with van der Waals surface area (Å²) < 4.78 is 2.25. The molecule has 0 spiro atoms. The van der Waals surface area contributed by atoms with Crippen LogP contribution in [0.1, 0.15) is 43.0 Å². The van der Waals surface area contributed by atoms with Gasteiger partial charge in [0.25, 0.3) is 0 Å². The summed E-state index contributed by atoms with van der Waals surface area (Å²) in [5.41, 5.74) is 2.76. The maximum Gasteiger partial charge on any atom is 0.133 e. The number of anilines is 1. The molecule has 0 amide bonds. The fourth-order valence-corrected chi connectivity index (χ4v) is 4.54. The van der Waals surface area contributed by atoms with Gasteiger partial charge in [0.05, 0.1) is 0 Å². The molecule has 5 nitrogen and oxygen atoms in total. The molecular formula is C23H29N5. The monoisotopic (exact) mass is 375 g/mol. The molecule has 0 N–H and O–H groups in total. The van der Waals surface area contributed by atoms with Crippen LogP contribution in [0.15, 0.2) is 42.7 Å². The van der Waals surface area contributed by atoms with Crippen LogP contribution in [0.25, 0.3) is 10.9 Å². The van der Waals surface area contributed by atoms with Crippen LogP contribution in [-0.4, -0.2) is 45.6 Å². The Hall–Kier alpha value is -2.40. The zero-order chi connectivity index (χ0) is 19.1. The van der Waals surface area contributed by atoms with Gasteiger partial charge in [0.2, 0.25) is 0 Å². The Morgan fingerprint density at radius 2 is 1.86 bits per heavy atom. The highest BCUT2D eigenvalue weighted by Crippen LogP contribution is 2.38. The highest BCUT2D eigenvalue weighted by Gasteiger charge is 2.28. The van der Waals surface area contributed by atoms with E-state index < -0.39 is 0 Å². The Bertz CT molecular complexity index is 966. The van der Waals surface area contributed by atoms with Crippen LogP contribution in [-0.2, 0) is 13.6 Å². The summed E-state index contributed by atoms with van der Waals surface area (Å²) in [6.45, 7) is 3.31. The van der Waals surface area contributed by atoms with Gasteiger partial charge in [0, 0.05) is 69.0 Å². The van der Waals surface area contributed by atoms with Crippen molar-refractivity contribution in [2.75, 3.05) is 25.0 Å². The van der Waals surface area contributed by atoms with E-state index in [0.29, 0.717) is 12.0 Å². The van der Waals surface area contributed by atoms with Crippen molar-refractivity contribution in [1.29, 1.82) is 0 Å². The molecule has 1 saturated carbocycles. The van der Waals surface area contributed by atoms with E-state index in [4.69, 9.17) is 4.98 Å². The molecule has 0 radical (unpaired) electrons. The van der Waals surface area contributed by atoms with Crippen LogP contribution in [0, 0.1) is 0 Å². The fourth-order valence-electron chi connectivity index (χ4n) is 4.54. The molecule has 1 saturated heterocycles. The van der Waals surface area contributed by atoms with Gasteiger partial charge in [-0.3, -0.25) is 4.90 Å². The summed E-state index contributed by atoms with van der Waals surface area (Å²) in [6.07, 6.45) is 9.10. The first-order valence-corrected chi connectivity index (χ1v) is 10.5. The number of hydrogen-bond acceptors (Lipinski definition) is 4. The van der Waals surface area contributed by atoms with E-state index in [2.05, 4.69) is 70.0 Å². The second-order valence-electron chi connectivity index (χ2n) is 8.45. The van der Waals surface area contributed by atoms with Gasteiger partial charge < -0.3 is 9.47 Å². The van der Waals surface area contributed by atoms with Gasteiger partial charge in [0.15, 0.2) is 0 Å². The van der Waals surface area contributed by atoms with Crippen molar-refractivity contribution >= 4 is 16.7 Å². The molecule has 5 rings (SSSR count). The molecule has 1 aliphatic carbocycles. The fraction of sp³-hybridized carbons (Fsp3) is 0.478. The molecule has 3 heterocycles. The quantitative estimate of drug-likeness (QED) is 0.677. The zero-order valence-electron chi connectivity index (χ0n) is 16.9. The van der Waals surface area contributed by atoms with E-state index in [1.165, 1.54) is 42.1 Å². The van der Waals surface area contributed by atoms with Gasteiger partial charge in [-0.2, -0.15) is 0 Å². The van der Waals surface area contributed by atoms with Gasteiger partial charge in [-0.1, -0.05) is 18.2 Å². The summed E-state index contributed by atoms with van der Waals surface area (Å²) in [4.78, 5) is 14.3. The second kappa shape index (κ2) is 7.21. The van der Waals surface area contributed by atoms with Crippen LogP contribution < -0.4 is 4.90 Å². The van der Waals surface area contributed by atoms with Crippen LogP contribution in [0.3, 0.4) is 0 Å². The average Bonchev–Trinajstić information content (AvgIpc) is 3.54. The van der Waals surface area contributed by atoms with Gasteiger partial charge in [-0.05, 0) is 43.4 Å². The summed E-state index contributed by atoms with van der Waals surface area (Å²) >= 11 is 0. The lowest BCUT2D eigenvalue weighted by molar-refractivity contribution is 0.203. The third-order valence-electron chi connectivity index (χ3n) is 6.44. The summed E-state index contributed by atoms with van der Waals surface area (Å²) in [5, 5.41) is 1.39. The Labute approximate surface area is 167 Å². The van der Waals surface area contributed by atoms with Crippen LogP contribution in [0.2, 0.25) is 0 Å². The smallest absolute Gasteiger partial charge is 0.133 e. The molecule has 0 unspecified atom stereocenters. The van der Waals surface area contributed by atoms with Gasteiger partial charge in [0.1, 0.15) is 11.6 Å². The third kappa shape index (κ3) is 3.39. The van der Waals surface area contributed by atoms with E-state index in [1.54, 1.807) is 0 Å². The van der Waals surface area contributed by atoms with Crippen molar-refractivity contribution in [3.05, 3.63) is 54.1 Å². The van der Waals surface area contributed by atoms with E-state index in [1.807, 2.05) is 6.20 Å². The summed E-state index contributed by atoms with van der Waals surface area (Å²) in [6, 6.07) is 11.3. The van der Waals surface area contributed by atoms with Gasteiger partial charge >= 0.3 is 0 Å². The van der Waals surface area contributed by atoms with Gasteiger partial charge in [-0.25, -0.2) is 9.97 Å². The molecule has 3 aromatic rings. The highest BCUT2D eigenvalue weighted by molar-refractivity contribution is 5.83. The van der Waals surface area contributed by atoms with Crippen molar-refractivity contribution in [3.8, 4) is 0 Å². The largest absolute Gasteiger partial charge is 0.356 e. The number of aryl methyl sites for hydroxylation is 1. The number of aromatic nitrogens is 3. The number of nitrogens with zero attached hydrogens (tertiary/aromatic N) is 5. The number of para-hydroxylation sites is 1. The predicted octanol–water partition coefficient (Wildman–Crippen LogP) is 3.95. The minimum atomic E-state index is 0.561. The molecule has 28 heavy (non-hydrogen) atoms. The molecule has 146 valence electrons. The number of benzene rings is 1. The SMILES string of the molecule is CN(c1ccnc(C2CC2)n1)C1CCN(Cc2cn(C)c3ccccc23)CC1. The maximum atomic E-state index is 4.83. The average molecular weight is 376 g/mol. The first kappa shape index (κ1) is 17.7. The molecule has 2 aliphatic rings. The summed E-state index contributed by atoms with van der Waals surface area (Å²) in [5.74, 6) is 2.73. The van der Waals surface area contributed by atoms with Crippen molar-refractivity contribution in [3.63, 3.8) is 0 Å².